The summed E-state index contributed by atoms with van der Waals surface area (Å²) in [5, 5.41) is 26.2. The molecule has 1 aliphatic carbocycles. The number of nitrogens with one attached hydrogen (secondary N) is 1. The van der Waals surface area contributed by atoms with Crippen LogP contribution in [0.3, 0.4) is 0 Å². The number of fused-ring (bicyclic) bond motifs is 6. The number of anilines is 1. The number of piperidine rings is 1. The maximum Gasteiger partial charge on any atom is 0.322 e. The first kappa shape index (κ1) is 39.9. The molecule has 2 bridgehead atoms. The summed E-state index contributed by atoms with van der Waals surface area (Å²) in [5.74, 6) is -1.54. The molecule has 13 heteroatoms. The predicted molar refractivity (Wildman–Crippen MR) is 219 cm³/mol. The molecule has 9 rings (SSSR count). The minimum absolute atomic E-state index is 0.138. The van der Waals surface area contributed by atoms with Gasteiger partial charge in [0.2, 0.25) is 6.41 Å². The van der Waals surface area contributed by atoms with Crippen LogP contribution in [0.1, 0.15) is 82.2 Å². The number of aliphatic hydroxyl groups is 2. The van der Waals surface area contributed by atoms with E-state index in [1.54, 1.807) is 6.07 Å². The van der Waals surface area contributed by atoms with Gasteiger partial charge in [0.1, 0.15) is 11.2 Å². The van der Waals surface area contributed by atoms with Gasteiger partial charge >= 0.3 is 11.9 Å². The van der Waals surface area contributed by atoms with Crippen LogP contribution >= 0.6 is 0 Å². The van der Waals surface area contributed by atoms with Crippen LogP contribution in [0, 0.1) is 11.3 Å². The van der Waals surface area contributed by atoms with Gasteiger partial charge in [-0.3, -0.25) is 29.0 Å². The number of hydrogen-bond donors (Lipinski definition) is 3. The maximum absolute atomic E-state index is 15.3. The monoisotopic (exact) mass is 808 g/mol. The van der Waals surface area contributed by atoms with Crippen LogP contribution in [0.2, 0.25) is 0 Å². The number of methoxy groups -OCH3 is 2. The maximum atomic E-state index is 15.3. The Balaban J connectivity index is 1.38. The van der Waals surface area contributed by atoms with Crippen molar-refractivity contribution in [1.82, 2.24) is 14.8 Å². The van der Waals surface area contributed by atoms with E-state index in [1.807, 2.05) is 50.3 Å². The van der Waals surface area contributed by atoms with Gasteiger partial charge in [0, 0.05) is 78.2 Å². The number of amides is 1. The highest BCUT2D eigenvalue weighted by molar-refractivity contribution is 5.97. The van der Waals surface area contributed by atoms with Crippen LogP contribution in [0.25, 0.3) is 10.9 Å². The number of hydrogen-bond acceptors (Lipinski definition) is 11. The second kappa shape index (κ2) is 13.7. The molecule has 10 atom stereocenters. The van der Waals surface area contributed by atoms with Crippen molar-refractivity contribution in [3.8, 4) is 5.75 Å². The molecule has 1 saturated carbocycles. The predicted octanol–water partition coefficient (Wildman–Crippen LogP) is 3.93. The Morgan fingerprint density at radius 2 is 1.78 bits per heavy atom. The SMILES string of the molecule is CC[C@]1(O)C[C@@H]2CN(CCc3c([nH]c4ccccc34)[C@@](C(=O)OC)(c3cc4c(cc3OC)N(C=O)[C@H]3[C@@](O)(C(C)=O)[C@H](OC(C)=O)[C@]5(CC)C=CCN6CC[C@]43[C@@H]65)C2)C1. The van der Waals surface area contributed by atoms with E-state index in [0.29, 0.717) is 99.5 Å². The molecule has 3 aromatic rings. The van der Waals surface area contributed by atoms with Gasteiger partial charge in [0.05, 0.1) is 31.5 Å². The largest absolute Gasteiger partial charge is 0.496 e. The van der Waals surface area contributed by atoms with E-state index in [4.69, 9.17) is 14.2 Å². The summed E-state index contributed by atoms with van der Waals surface area (Å²) in [7, 11) is 2.94. The van der Waals surface area contributed by atoms with E-state index in [9.17, 15) is 24.6 Å². The van der Waals surface area contributed by atoms with E-state index in [1.165, 1.54) is 33.0 Å². The van der Waals surface area contributed by atoms with Gasteiger partial charge in [0.15, 0.2) is 17.5 Å². The molecule has 1 aromatic heterocycles. The molecule has 59 heavy (non-hydrogen) atoms. The number of esters is 2. The number of benzene rings is 2. The Hall–Kier alpha value is -4.56. The summed E-state index contributed by atoms with van der Waals surface area (Å²) in [4.78, 5) is 66.0. The van der Waals surface area contributed by atoms with Gasteiger partial charge in [-0.1, -0.05) is 44.2 Å². The summed E-state index contributed by atoms with van der Waals surface area (Å²) in [6.45, 7) is 9.63. The number of ether oxygens (including phenoxy) is 3. The number of ketones is 1. The highest BCUT2D eigenvalue weighted by Gasteiger charge is 2.79. The summed E-state index contributed by atoms with van der Waals surface area (Å²) < 4.78 is 18.3. The van der Waals surface area contributed by atoms with Crippen LogP contribution in [-0.4, -0.2) is 125 Å². The standard InChI is InChI=1S/C46H56N4O9/c1-7-42(55)22-29-23-45(41(54)58-6,37-31(14-18-48(24-29)25-42)30-12-9-10-13-34(30)47-37)33-20-32-35(21-36(33)57-5)50(26-51)39-44(32)16-19-49-17-11-15-43(8-2,38(44)49)40(59-28(4)53)46(39,56)27(3)52/h9-13,15,20-21,26,29,38-40,47,55-56H,7-8,14,16-19,22-25H2,1-6H3/t29-,38-,39+,40+,42-,43+,44+,45-,46-/m0/s1. The molecule has 1 spiro atoms. The van der Waals surface area contributed by atoms with Gasteiger partial charge < -0.3 is 34.3 Å². The van der Waals surface area contributed by atoms with E-state index < -0.39 is 63.4 Å². The molecule has 6 aliphatic rings. The number of aromatic nitrogens is 1. The Morgan fingerprint density at radius 1 is 1.00 bits per heavy atom. The van der Waals surface area contributed by atoms with Crippen LogP contribution in [0.4, 0.5) is 5.69 Å². The minimum atomic E-state index is -2.32. The van der Waals surface area contributed by atoms with Crippen LogP contribution in [0.15, 0.2) is 48.6 Å². The third-order valence-corrected chi connectivity index (χ3v) is 15.6. The average Bonchev–Trinajstić information content (AvgIpc) is 3.90. The summed E-state index contributed by atoms with van der Waals surface area (Å²) >= 11 is 0. The molecular weight excluding hydrogens is 753 g/mol. The van der Waals surface area contributed by atoms with Crippen molar-refractivity contribution in [2.24, 2.45) is 11.3 Å². The zero-order valence-corrected chi connectivity index (χ0v) is 34.9. The summed E-state index contributed by atoms with van der Waals surface area (Å²) in [6, 6.07) is 10.2. The molecule has 6 heterocycles. The Kier molecular flexibility index (Phi) is 9.28. The van der Waals surface area contributed by atoms with Crippen molar-refractivity contribution in [3.63, 3.8) is 0 Å². The van der Waals surface area contributed by atoms with Crippen molar-refractivity contribution in [2.45, 2.75) is 106 Å². The van der Waals surface area contributed by atoms with Gasteiger partial charge in [-0.05, 0) is 81.2 Å². The number of nitrogens with zero attached hydrogens (tertiary/aromatic N) is 3. The third kappa shape index (κ3) is 5.17. The molecular formula is C46H56N4O9. The molecule has 314 valence electrons. The fourth-order valence-electron chi connectivity index (χ4n) is 13.4. The zero-order valence-electron chi connectivity index (χ0n) is 34.9. The molecule has 3 N–H and O–H groups in total. The minimum Gasteiger partial charge on any atom is -0.496 e. The number of carbonyl (C=O) groups excluding carboxylic acids is 4. The quantitative estimate of drug-likeness (QED) is 0.172. The molecule has 3 fully saturated rings. The van der Waals surface area contributed by atoms with Crippen LogP contribution in [-0.2, 0) is 45.9 Å². The number of Topliss-reactive ketones (excluding diaryl/α,β-unsaturated/α-hetero) is 1. The van der Waals surface area contributed by atoms with Crippen molar-refractivity contribution < 1.29 is 43.6 Å². The van der Waals surface area contributed by atoms with Crippen LogP contribution in [0.5, 0.6) is 5.75 Å². The highest BCUT2D eigenvalue weighted by Crippen LogP contribution is 2.68. The van der Waals surface area contributed by atoms with E-state index in [0.717, 1.165) is 16.5 Å². The molecule has 1 unspecified atom stereocenters. The number of H-pyrrole nitrogens is 1. The molecule has 13 nitrogen and oxygen atoms in total. The van der Waals surface area contributed by atoms with E-state index in [2.05, 4.69) is 20.9 Å². The lowest BCUT2D eigenvalue weighted by atomic mass is 9.47. The highest BCUT2D eigenvalue weighted by atomic mass is 16.6. The lowest BCUT2D eigenvalue weighted by molar-refractivity contribution is -0.215. The lowest BCUT2D eigenvalue weighted by Crippen LogP contribution is -2.81. The van der Waals surface area contributed by atoms with Gasteiger partial charge in [-0.25, -0.2) is 0 Å². The number of rotatable bonds is 8. The lowest BCUT2D eigenvalue weighted by Gasteiger charge is -2.63. The van der Waals surface area contributed by atoms with Crippen LogP contribution < -0.4 is 9.64 Å². The van der Waals surface area contributed by atoms with Gasteiger partial charge in [0.25, 0.3) is 0 Å². The van der Waals surface area contributed by atoms with Gasteiger partial charge in [-0.15, -0.1) is 0 Å². The Labute approximate surface area is 344 Å². The van der Waals surface area contributed by atoms with Crippen molar-refractivity contribution >= 4 is 40.7 Å². The third-order valence-electron chi connectivity index (χ3n) is 15.6. The second-order valence-electron chi connectivity index (χ2n) is 18.2. The van der Waals surface area contributed by atoms with E-state index >= 15 is 4.79 Å². The number of aromatic amines is 1. The van der Waals surface area contributed by atoms with Gasteiger partial charge in [-0.2, -0.15) is 0 Å². The van der Waals surface area contributed by atoms with Crippen molar-refractivity contribution in [1.29, 1.82) is 0 Å². The summed E-state index contributed by atoms with van der Waals surface area (Å²) in [5.41, 5.74) is -2.57. The molecule has 0 radical (unpaired) electrons. The van der Waals surface area contributed by atoms with E-state index in [-0.39, 0.29) is 12.3 Å². The Bertz CT molecular complexity index is 2290. The van der Waals surface area contributed by atoms with Crippen molar-refractivity contribution in [2.75, 3.05) is 51.8 Å². The topological polar surface area (TPSA) is 162 Å². The number of para-hydroxylation sites is 1. The first-order valence-corrected chi connectivity index (χ1v) is 21.1. The molecule has 2 saturated heterocycles. The first-order valence-electron chi connectivity index (χ1n) is 21.1. The van der Waals surface area contributed by atoms with Crippen molar-refractivity contribution in [3.05, 3.63) is 70.9 Å². The molecule has 5 aliphatic heterocycles. The second-order valence-corrected chi connectivity index (χ2v) is 18.2. The number of carbonyl (C=O) groups is 4. The smallest absolute Gasteiger partial charge is 0.322 e. The summed E-state index contributed by atoms with van der Waals surface area (Å²) in [6.07, 6.45) is 6.23. The molecule has 1 amide bonds. The average molecular weight is 809 g/mol. The fraction of sp³-hybridized carbons (Fsp3) is 0.565. The molecule has 2 aromatic carbocycles. The fourth-order valence-corrected chi connectivity index (χ4v) is 13.4. The Morgan fingerprint density at radius 3 is 2.46 bits per heavy atom. The normalized spacial score (nSPS) is 36.9. The first-order chi connectivity index (χ1) is 28.2. The zero-order chi connectivity index (χ0) is 41.9.